The normalized spacial score (nSPS) is 11.5. The number of pyridine rings is 1. The fourth-order valence-electron chi connectivity index (χ4n) is 4.78. The average molecular weight is 631 g/mol. The summed E-state index contributed by atoms with van der Waals surface area (Å²) in [6.45, 7) is 2.97. The molecule has 0 aliphatic heterocycles. The highest BCUT2D eigenvalue weighted by Crippen LogP contribution is 2.33. The second-order valence-electron chi connectivity index (χ2n) is 9.87. The van der Waals surface area contributed by atoms with Gasteiger partial charge in [0.2, 0.25) is 5.91 Å². The third-order valence-corrected chi connectivity index (χ3v) is 8.38. The zero-order valence-electron chi connectivity index (χ0n) is 24.0. The molecular weight excluding hydrogens is 606 g/mol. The third-order valence-electron chi connectivity index (χ3n) is 6.85. The van der Waals surface area contributed by atoms with Crippen LogP contribution in [0.5, 0.6) is 5.75 Å². The molecule has 0 saturated heterocycles. The van der Waals surface area contributed by atoms with E-state index in [1.54, 1.807) is 41.8 Å². The molecule has 6 rings (SSSR count). The summed E-state index contributed by atoms with van der Waals surface area (Å²) in [5, 5.41) is 5.37. The van der Waals surface area contributed by atoms with E-state index in [0.717, 1.165) is 12.1 Å². The van der Waals surface area contributed by atoms with Crippen LogP contribution in [0.1, 0.15) is 12.5 Å². The quantitative estimate of drug-likeness (QED) is 0.199. The van der Waals surface area contributed by atoms with E-state index in [1.165, 1.54) is 44.9 Å². The van der Waals surface area contributed by atoms with E-state index in [1.807, 2.05) is 0 Å². The lowest BCUT2D eigenvalue weighted by molar-refractivity contribution is -0.114. The number of rotatable bonds is 8. The average Bonchev–Trinajstić information content (AvgIpc) is 3.45. The second-order valence-corrected chi connectivity index (χ2v) is 11.5. The maximum absolute atomic E-state index is 15.7. The van der Waals surface area contributed by atoms with Gasteiger partial charge in [-0.05, 0) is 67.1 Å². The highest BCUT2D eigenvalue weighted by atomic mass is 32.2. The van der Waals surface area contributed by atoms with Crippen molar-refractivity contribution in [3.63, 3.8) is 0 Å². The van der Waals surface area contributed by atoms with Gasteiger partial charge in [-0.25, -0.2) is 37.1 Å². The number of carbonyl (C=O) groups excluding carboxylic acids is 1. The number of carbonyl (C=O) groups is 1. The molecule has 3 heterocycles. The lowest BCUT2D eigenvalue weighted by atomic mass is 10.2. The second kappa shape index (κ2) is 11.4. The molecule has 0 unspecified atom stereocenters. The third kappa shape index (κ3) is 5.56. The van der Waals surface area contributed by atoms with Crippen LogP contribution >= 0.6 is 0 Å². The molecule has 0 atom stereocenters. The molecule has 6 aromatic rings. The number of fused-ring (bicyclic) bond motifs is 2. The van der Waals surface area contributed by atoms with Crippen LogP contribution in [0.3, 0.4) is 0 Å². The van der Waals surface area contributed by atoms with Crippen LogP contribution in [0.15, 0.2) is 78.2 Å². The highest BCUT2D eigenvalue weighted by molar-refractivity contribution is 7.92. The Labute approximate surface area is 255 Å². The molecule has 0 aliphatic carbocycles. The van der Waals surface area contributed by atoms with Crippen molar-refractivity contribution in [3.05, 3.63) is 90.5 Å². The SMILES string of the molecule is COc1ccc(S(=O)(=O)Nc2ccc(F)c(Nc3ncnc4ccc(-n5cnc6c(NC(C)=O)cccc65)nc34)c2F)c(C)c1. The van der Waals surface area contributed by atoms with Crippen LogP contribution < -0.4 is 20.1 Å². The Hall–Kier alpha value is -5.70. The fourth-order valence-corrected chi connectivity index (χ4v) is 6.07. The number of hydrogen-bond donors (Lipinski definition) is 3. The molecule has 45 heavy (non-hydrogen) atoms. The van der Waals surface area contributed by atoms with E-state index in [9.17, 15) is 13.2 Å². The summed E-state index contributed by atoms with van der Waals surface area (Å²) in [6.07, 6.45) is 2.73. The Balaban J connectivity index is 1.37. The molecule has 0 radical (unpaired) electrons. The predicted molar refractivity (Wildman–Crippen MR) is 164 cm³/mol. The first-order chi connectivity index (χ1) is 21.6. The van der Waals surface area contributed by atoms with Crippen LogP contribution in [0.4, 0.5) is 31.7 Å². The molecule has 3 N–H and O–H groups in total. The highest BCUT2D eigenvalue weighted by Gasteiger charge is 2.23. The van der Waals surface area contributed by atoms with Crippen molar-refractivity contribution in [2.75, 3.05) is 22.5 Å². The van der Waals surface area contributed by atoms with E-state index in [0.29, 0.717) is 39.4 Å². The van der Waals surface area contributed by atoms with Gasteiger partial charge in [0.05, 0.1) is 34.4 Å². The van der Waals surface area contributed by atoms with Gasteiger partial charge in [-0.3, -0.25) is 14.1 Å². The minimum absolute atomic E-state index is 0.0333. The number of nitrogens with one attached hydrogen (secondary N) is 3. The number of ether oxygens (including phenoxy) is 1. The number of halogens is 2. The Kier molecular flexibility index (Phi) is 7.46. The number of methoxy groups -OCH3 is 1. The van der Waals surface area contributed by atoms with Crippen molar-refractivity contribution < 1.29 is 26.7 Å². The molecule has 1 amide bonds. The van der Waals surface area contributed by atoms with Crippen LogP contribution in [0, 0.1) is 18.6 Å². The molecule has 3 aromatic heterocycles. The summed E-state index contributed by atoms with van der Waals surface area (Å²) in [6, 6.07) is 14.8. The maximum Gasteiger partial charge on any atom is 0.262 e. The molecular formula is C30H24F2N8O4S. The number of amides is 1. The first-order valence-electron chi connectivity index (χ1n) is 13.3. The smallest absolute Gasteiger partial charge is 0.262 e. The zero-order chi connectivity index (χ0) is 31.9. The van der Waals surface area contributed by atoms with Crippen molar-refractivity contribution in [2.45, 2.75) is 18.7 Å². The predicted octanol–water partition coefficient (Wildman–Crippen LogP) is 5.46. The Bertz CT molecular complexity index is 2240. The van der Waals surface area contributed by atoms with Crippen LogP contribution in [-0.2, 0) is 14.8 Å². The van der Waals surface area contributed by atoms with Gasteiger partial charge >= 0.3 is 0 Å². The Morgan fingerprint density at radius 2 is 1.78 bits per heavy atom. The number of imidazole rings is 1. The molecule has 0 aliphatic rings. The van der Waals surface area contributed by atoms with Crippen molar-refractivity contribution in [1.29, 1.82) is 0 Å². The summed E-state index contributed by atoms with van der Waals surface area (Å²) in [4.78, 5) is 29.0. The molecule has 0 saturated carbocycles. The maximum atomic E-state index is 15.7. The van der Waals surface area contributed by atoms with E-state index >= 15 is 8.78 Å². The van der Waals surface area contributed by atoms with Crippen molar-refractivity contribution in [2.24, 2.45) is 0 Å². The fraction of sp³-hybridized carbons (Fsp3) is 0.100. The van der Waals surface area contributed by atoms with Gasteiger partial charge in [-0.15, -0.1) is 0 Å². The topological polar surface area (TPSA) is 153 Å². The molecule has 12 nitrogen and oxygen atoms in total. The van der Waals surface area contributed by atoms with Gasteiger partial charge in [0.1, 0.15) is 46.8 Å². The van der Waals surface area contributed by atoms with Crippen LogP contribution in [0.25, 0.3) is 27.9 Å². The van der Waals surface area contributed by atoms with Gasteiger partial charge in [0.25, 0.3) is 10.0 Å². The number of benzene rings is 3. The number of para-hydroxylation sites is 1. The number of hydrogen-bond acceptors (Lipinski definition) is 9. The summed E-state index contributed by atoms with van der Waals surface area (Å²) < 4.78 is 66.0. The van der Waals surface area contributed by atoms with Gasteiger partial charge in [-0.2, -0.15) is 0 Å². The monoisotopic (exact) mass is 630 g/mol. The lowest BCUT2D eigenvalue weighted by Crippen LogP contribution is -2.16. The molecule has 3 aromatic carbocycles. The van der Waals surface area contributed by atoms with Gasteiger partial charge < -0.3 is 15.4 Å². The Morgan fingerprint density at radius 3 is 2.53 bits per heavy atom. The molecule has 228 valence electrons. The first kappa shape index (κ1) is 29.4. The number of aryl methyl sites for hydroxylation is 1. The van der Waals surface area contributed by atoms with E-state index in [4.69, 9.17) is 4.74 Å². The van der Waals surface area contributed by atoms with E-state index in [2.05, 4.69) is 35.3 Å². The molecule has 0 bridgehead atoms. The first-order valence-corrected chi connectivity index (χ1v) is 14.8. The van der Waals surface area contributed by atoms with Crippen molar-refractivity contribution in [1.82, 2.24) is 24.5 Å². The largest absolute Gasteiger partial charge is 0.497 e. The summed E-state index contributed by atoms with van der Waals surface area (Å²) in [7, 11) is -2.80. The summed E-state index contributed by atoms with van der Waals surface area (Å²) >= 11 is 0. The van der Waals surface area contributed by atoms with Gasteiger partial charge in [0, 0.05) is 6.92 Å². The van der Waals surface area contributed by atoms with E-state index in [-0.39, 0.29) is 22.1 Å². The summed E-state index contributed by atoms with van der Waals surface area (Å²) in [5.41, 5.74) is 1.47. The van der Waals surface area contributed by atoms with E-state index < -0.39 is 33.0 Å². The van der Waals surface area contributed by atoms with Crippen molar-refractivity contribution >= 4 is 60.9 Å². The Morgan fingerprint density at radius 1 is 0.956 bits per heavy atom. The molecule has 0 fully saturated rings. The number of aromatic nitrogens is 5. The number of anilines is 4. The summed E-state index contributed by atoms with van der Waals surface area (Å²) in [5.74, 6) is -1.63. The lowest BCUT2D eigenvalue weighted by Gasteiger charge is -2.15. The zero-order valence-corrected chi connectivity index (χ0v) is 24.8. The minimum atomic E-state index is -4.25. The van der Waals surface area contributed by atoms with Crippen LogP contribution in [-0.4, -0.2) is 45.9 Å². The van der Waals surface area contributed by atoms with Gasteiger partial charge in [-0.1, -0.05) is 6.07 Å². The minimum Gasteiger partial charge on any atom is -0.497 e. The standard InChI is InChI=1S/C30H24F2N8O4S/c1-16-13-18(44-3)7-11-24(16)45(42,43)39-20-9-8-19(31)27(26(20)32)38-30-29-21(33-14-34-30)10-12-25(37-29)40-15-35-28-22(36-17(2)41)5-4-6-23(28)40/h4-15,39H,1-3H3,(H,36,41)(H,33,34,38). The number of nitrogens with zero attached hydrogens (tertiary/aromatic N) is 5. The van der Waals surface area contributed by atoms with Gasteiger partial charge in [0.15, 0.2) is 11.6 Å². The molecule has 15 heteroatoms. The molecule has 0 spiro atoms. The van der Waals surface area contributed by atoms with Crippen molar-refractivity contribution in [3.8, 4) is 11.6 Å². The van der Waals surface area contributed by atoms with Crippen LogP contribution in [0.2, 0.25) is 0 Å². The number of sulfonamides is 1.